The lowest BCUT2D eigenvalue weighted by atomic mass is 10.0. The number of aliphatic carboxylic acids is 2. The molecule has 3 N–H and O–H groups in total. The predicted molar refractivity (Wildman–Crippen MR) is 135 cm³/mol. The monoisotopic (exact) mass is 496 g/mol. The van der Waals surface area contributed by atoms with Crippen molar-refractivity contribution in [3.63, 3.8) is 0 Å². The molecule has 1 saturated heterocycles. The van der Waals surface area contributed by atoms with Crippen LogP contribution in [0.1, 0.15) is 24.2 Å². The third-order valence-electron chi connectivity index (χ3n) is 4.88. The lowest BCUT2D eigenvalue weighted by Crippen LogP contribution is -2.46. The molecule has 10 heteroatoms. The van der Waals surface area contributed by atoms with Crippen molar-refractivity contribution in [3.8, 4) is 16.9 Å². The summed E-state index contributed by atoms with van der Waals surface area (Å²) in [5.74, 6) is -0.767. The number of nitrogens with one attached hydrogen (secondary N) is 1. The van der Waals surface area contributed by atoms with Gasteiger partial charge in [0.05, 0.1) is 12.9 Å². The SMILES string of the molecule is CC(=O)O.CC(=O)O.O=C(c1cccc(-c2ccccc2OCCn2ccnc2)c1)N1CCNCC1. The Labute approximate surface area is 210 Å². The van der Waals surface area contributed by atoms with Gasteiger partial charge in [-0.15, -0.1) is 0 Å². The molecule has 10 nitrogen and oxygen atoms in total. The normalized spacial score (nSPS) is 12.3. The van der Waals surface area contributed by atoms with Crippen molar-refractivity contribution < 1.29 is 29.3 Å². The zero-order valence-electron chi connectivity index (χ0n) is 20.5. The van der Waals surface area contributed by atoms with Crippen LogP contribution in [-0.2, 0) is 16.1 Å². The smallest absolute Gasteiger partial charge is 0.300 e. The second kappa shape index (κ2) is 14.9. The van der Waals surface area contributed by atoms with Crippen LogP contribution in [0.4, 0.5) is 0 Å². The first-order valence-electron chi connectivity index (χ1n) is 11.4. The molecule has 0 atom stereocenters. The number of carboxylic acids is 2. The van der Waals surface area contributed by atoms with E-state index in [9.17, 15) is 4.79 Å². The number of para-hydroxylation sites is 1. The molecule has 192 valence electrons. The van der Waals surface area contributed by atoms with E-state index in [2.05, 4.69) is 10.3 Å². The van der Waals surface area contributed by atoms with E-state index in [1.54, 1.807) is 12.5 Å². The predicted octanol–water partition coefficient (Wildman–Crippen LogP) is 2.86. The number of hydrogen-bond acceptors (Lipinski definition) is 6. The molecule has 1 fully saturated rings. The van der Waals surface area contributed by atoms with Crippen molar-refractivity contribution in [3.05, 3.63) is 72.8 Å². The molecule has 0 unspecified atom stereocenters. The third kappa shape index (κ3) is 9.98. The molecule has 1 aromatic heterocycles. The highest BCUT2D eigenvalue weighted by Crippen LogP contribution is 2.30. The van der Waals surface area contributed by atoms with Gasteiger partial charge >= 0.3 is 0 Å². The Hall–Kier alpha value is -4.18. The molecule has 0 bridgehead atoms. The summed E-state index contributed by atoms with van der Waals surface area (Å²) in [4.78, 5) is 36.8. The summed E-state index contributed by atoms with van der Waals surface area (Å²) < 4.78 is 8.01. The average molecular weight is 497 g/mol. The maximum Gasteiger partial charge on any atom is 0.300 e. The number of aromatic nitrogens is 2. The molecule has 36 heavy (non-hydrogen) atoms. The highest BCUT2D eigenvalue weighted by Gasteiger charge is 2.18. The summed E-state index contributed by atoms with van der Waals surface area (Å²) in [7, 11) is 0. The van der Waals surface area contributed by atoms with E-state index in [0.29, 0.717) is 12.2 Å². The van der Waals surface area contributed by atoms with E-state index in [4.69, 9.17) is 24.5 Å². The fourth-order valence-electron chi connectivity index (χ4n) is 3.38. The van der Waals surface area contributed by atoms with Crippen molar-refractivity contribution >= 4 is 17.8 Å². The molecule has 4 rings (SSSR count). The standard InChI is InChI=1S/C22H24N4O2.2C2H4O2/c27-22(26-12-9-23-10-13-26)19-5-3-4-18(16-19)20-6-1-2-7-21(20)28-15-14-25-11-8-24-17-25;2*1-2(3)4/h1-8,11,16-17,23H,9-10,12-15H2;2*1H3,(H,3,4). The molecule has 2 aromatic carbocycles. The first-order valence-corrected chi connectivity index (χ1v) is 11.4. The summed E-state index contributed by atoms with van der Waals surface area (Å²) >= 11 is 0. The Morgan fingerprint density at radius 2 is 1.67 bits per heavy atom. The van der Waals surface area contributed by atoms with E-state index in [0.717, 1.165) is 63.4 Å². The highest BCUT2D eigenvalue weighted by molar-refractivity contribution is 5.95. The molecular formula is C26H32N4O6. The molecule has 0 spiro atoms. The van der Waals surface area contributed by atoms with Crippen molar-refractivity contribution in [2.75, 3.05) is 32.8 Å². The number of carboxylic acid groups (broad SMARTS) is 2. The van der Waals surface area contributed by atoms with Crippen LogP contribution >= 0.6 is 0 Å². The van der Waals surface area contributed by atoms with Gasteiger partial charge in [-0.05, 0) is 23.8 Å². The zero-order chi connectivity index (χ0) is 26.3. The number of ether oxygens (including phenoxy) is 1. The first kappa shape index (κ1) is 28.1. The minimum atomic E-state index is -0.833. The summed E-state index contributed by atoms with van der Waals surface area (Å²) in [5.41, 5.74) is 2.69. The summed E-state index contributed by atoms with van der Waals surface area (Å²) in [6, 6.07) is 15.8. The Bertz CT molecular complexity index is 1090. The number of carbonyl (C=O) groups is 3. The van der Waals surface area contributed by atoms with Crippen LogP contribution in [-0.4, -0.2) is 75.3 Å². The molecule has 3 aromatic rings. The molecule has 1 amide bonds. The number of nitrogens with zero attached hydrogens (tertiary/aromatic N) is 3. The molecule has 0 aliphatic carbocycles. The quantitative estimate of drug-likeness (QED) is 0.474. The van der Waals surface area contributed by atoms with Gasteiger partial charge in [0.2, 0.25) is 0 Å². The number of rotatable bonds is 6. The van der Waals surface area contributed by atoms with Crippen LogP contribution in [0.5, 0.6) is 5.75 Å². The number of carbonyl (C=O) groups excluding carboxylic acids is 1. The minimum Gasteiger partial charge on any atom is -0.491 e. The van der Waals surface area contributed by atoms with E-state index in [1.165, 1.54) is 0 Å². The van der Waals surface area contributed by atoms with Gasteiger partial charge in [-0.3, -0.25) is 14.4 Å². The van der Waals surface area contributed by atoms with E-state index < -0.39 is 11.9 Å². The Kier molecular flexibility index (Phi) is 11.7. The number of imidazole rings is 1. The number of amides is 1. The Morgan fingerprint density at radius 3 is 2.31 bits per heavy atom. The van der Waals surface area contributed by atoms with Gasteiger partial charge in [0.15, 0.2) is 0 Å². The fraction of sp³-hybridized carbons (Fsp3) is 0.308. The van der Waals surface area contributed by atoms with Crippen LogP contribution in [0, 0.1) is 0 Å². The van der Waals surface area contributed by atoms with Crippen molar-refractivity contribution in [1.82, 2.24) is 19.8 Å². The zero-order valence-corrected chi connectivity index (χ0v) is 20.5. The maximum atomic E-state index is 12.8. The Balaban J connectivity index is 0.000000501. The van der Waals surface area contributed by atoms with Gasteiger partial charge in [-0.2, -0.15) is 0 Å². The van der Waals surface area contributed by atoms with Crippen molar-refractivity contribution in [2.24, 2.45) is 0 Å². The van der Waals surface area contributed by atoms with Gasteiger partial charge in [-0.1, -0.05) is 30.3 Å². The maximum absolute atomic E-state index is 12.8. The average Bonchev–Trinajstić information content (AvgIpc) is 3.37. The molecule has 0 radical (unpaired) electrons. The number of hydrogen-bond donors (Lipinski definition) is 3. The van der Waals surface area contributed by atoms with Crippen LogP contribution < -0.4 is 10.1 Å². The molecule has 0 saturated carbocycles. The van der Waals surface area contributed by atoms with Crippen LogP contribution in [0.2, 0.25) is 0 Å². The van der Waals surface area contributed by atoms with Gasteiger partial charge < -0.3 is 29.7 Å². The molecule has 1 aliphatic rings. The topological polar surface area (TPSA) is 134 Å². The molecule has 2 heterocycles. The highest BCUT2D eigenvalue weighted by atomic mass is 16.5. The second-order valence-corrected chi connectivity index (χ2v) is 7.81. The largest absolute Gasteiger partial charge is 0.491 e. The minimum absolute atomic E-state index is 0.0851. The van der Waals surface area contributed by atoms with Gasteiger partial charge in [-0.25, -0.2) is 4.98 Å². The lowest BCUT2D eigenvalue weighted by Gasteiger charge is -2.27. The second-order valence-electron chi connectivity index (χ2n) is 7.81. The Morgan fingerprint density at radius 1 is 1.00 bits per heavy atom. The van der Waals surface area contributed by atoms with Crippen molar-refractivity contribution in [2.45, 2.75) is 20.4 Å². The van der Waals surface area contributed by atoms with E-state index >= 15 is 0 Å². The van der Waals surface area contributed by atoms with E-state index in [-0.39, 0.29) is 5.91 Å². The van der Waals surface area contributed by atoms with Crippen LogP contribution in [0.15, 0.2) is 67.3 Å². The van der Waals surface area contributed by atoms with Gasteiger partial charge in [0.25, 0.3) is 17.8 Å². The summed E-state index contributed by atoms with van der Waals surface area (Å²) in [6.07, 6.45) is 5.45. The summed E-state index contributed by atoms with van der Waals surface area (Å²) in [5, 5.41) is 18.1. The van der Waals surface area contributed by atoms with Gasteiger partial charge in [0, 0.05) is 63.5 Å². The first-order chi connectivity index (χ1) is 17.3. The van der Waals surface area contributed by atoms with Crippen LogP contribution in [0.25, 0.3) is 11.1 Å². The van der Waals surface area contributed by atoms with Gasteiger partial charge in [0.1, 0.15) is 12.4 Å². The molecular weight excluding hydrogens is 464 g/mol. The van der Waals surface area contributed by atoms with Crippen molar-refractivity contribution in [1.29, 1.82) is 0 Å². The fourth-order valence-corrected chi connectivity index (χ4v) is 3.38. The molecule has 1 aliphatic heterocycles. The number of piperazine rings is 1. The van der Waals surface area contributed by atoms with Crippen LogP contribution in [0.3, 0.4) is 0 Å². The van der Waals surface area contributed by atoms with E-state index in [1.807, 2.05) is 64.2 Å². The lowest BCUT2D eigenvalue weighted by molar-refractivity contribution is -0.135. The number of benzene rings is 2. The summed E-state index contributed by atoms with van der Waals surface area (Å²) in [6.45, 7) is 6.63. The third-order valence-corrected chi connectivity index (χ3v) is 4.88.